The summed E-state index contributed by atoms with van der Waals surface area (Å²) in [6.07, 6.45) is 0. The molecule has 0 bridgehead atoms. The van der Waals surface area contributed by atoms with Gasteiger partial charge in [-0.25, -0.2) is 0 Å². The monoisotopic (exact) mass is 203 g/mol. The molecule has 0 aliphatic carbocycles. The van der Waals surface area contributed by atoms with Crippen LogP contribution in [0.2, 0.25) is 0 Å². The van der Waals surface area contributed by atoms with Crippen LogP contribution in [0.5, 0.6) is 0 Å². The van der Waals surface area contributed by atoms with Crippen molar-refractivity contribution in [2.75, 3.05) is 7.05 Å². The Morgan fingerprint density at radius 1 is 1.46 bits per heavy atom. The van der Waals surface area contributed by atoms with E-state index in [9.17, 15) is 9.00 Å². The van der Waals surface area contributed by atoms with E-state index in [1.165, 1.54) is 0 Å². The Balaban J connectivity index is 3.13. The van der Waals surface area contributed by atoms with E-state index in [-0.39, 0.29) is 16.4 Å². The number of carbonyl (C=O) groups is 1. The third-order valence-corrected chi connectivity index (χ3v) is 5.61. The van der Waals surface area contributed by atoms with Crippen LogP contribution in [0, 0.1) is 0 Å². The van der Waals surface area contributed by atoms with E-state index < -0.39 is 16.3 Å². The van der Waals surface area contributed by atoms with E-state index in [4.69, 9.17) is 0 Å². The van der Waals surface area contributed by atoms with E-state index in [0.717, 1.165) is 0 Å². The largest absolute Gasteiger partial charge is 0.298 e. The number of carbonyl (C=O) groups excluding carboxylic acids is 1. The van der Waals surface area contributed by atoms with Gasteiger partial charge in [-0.05, 0) is 34.7 Å². The minimum Gasteiger partial charge on any atom is -0.298 e. The lowest BCUT2D eigenvalue weighted by atomic mass is 9.92. The Kier molecular flexibility index (Phi) is 2.65. The molecule has 0 N–H and O–H groups in total. The second-order valence-corrected chi connectivity index (χ2v) is 5.93. The topological polar surface area (TPSA) is 37.4 Å². The predicted octanol–water partition coefficient (Wildman–Crippen LogP) is 0.763. The van der Waals surface area contributed by atoms with E-state index in [2.05, 4.69) is 0 Å². The highest BCUT2D eigenvalue weighted by atomic mass is 32.2. The van der Waals surface area contributed by atoms with E-state index in [0.29, 0.717) is 0 Å². The molecule has 4 atom stereocenters. The van der Waals surface area contributed by atoms with Crippen LogP contribution in [0.1, 0.15) is 27.7 Å². The van der Waals surface area contributed by atoms with Gasteiger partial charge in [0.05, 0.1) is 16.2 Å². The van der Waals surface area contributed by atoms with Crippen LogP contribution in [0.15, 0.2) is 0 Å². The molecular formula is C9H17NO2S. The fraction of sp³-hybridized carbons (Fsp3) is 0.889. The minimum absolute atomic E-state index is 0.0242. The molecule has 1 aliphatic heterocycles. The van der Waals surface area contributed by atoms with Crippen molar-refractivity contribution in [2.24, 2.45) is 0 Å². The molecule has 0 amide bonds. The van der Waals surface area contributed by atoms with Gasteiger partial charge in [-0.15, -0.1) is 0 Å². The van der Waals surface area contributed by atoms with Crippen LogP contribution < -0.4 is 0 Å². The molecule has 1 fully saturated rings. The van der Waals surface area contributed by atoms with Gasteiger partial charge in [-0.2, -0.15) is 0 Å². The van der Waals surface area contributed by atoms with Crippen LogP contribution in [0.25, 0.3) is 0 Å². The fourth-order valence-electron chi connectivity index (χ4n) is 1.88. The summed E-state index contributed by atoms with van der Waals surface area (Å²) in [5.41, 5.74) is -0.551. The summed E-state index contributed by atoms with van der Waals surface area (Å²) in [5, 5.41) is -0.103. The lowest BCUT2D eigenvalue weighted by Crippen LogP contribution is -2.51. The number of nitrogens with zero attached hydrogens (tertiary/aromatic N) is 1. The Labute approximate surface area is 81.9 Å². The summed E-state index contributed by atoms with van der Waals surface area (Å²) in [5.74, 6) is 0.0974. The summed E-state index contributed by atoms with van der Waals surface area (Å²) in [6.45, 7) is 7.24. The molecule has 13 heavy (non-hydrogen) atoms. The first kappa shape index (κ1) is 10.9. The third kappa shape index (κ3) is 1.27. The molecule has 0 aromatic heterocycles. The summed E-state index contributed by atoms with van der Waals surface area (Å²) in [4.78, 5) is 13.4. The summed E-state index contributed by atoms with van der Waals surface area (Å²) in [6, 6.07) is 0. The molecule has 1 saturated heterocycles. The zero-order valence-corrected chi connectivity index (χ0v) is 9.64. The van der Waals surface area contributed by atoms with Crippen LogP contribution in [-0.2, 0) is 15.6 Å². The lowest BCUT2D eigenvalue weighted by molar-refractivity contribution is -0.126. The van der Waals surface area contributed by atoms with Crippen LogP contribution >= 0.6 is 0 Å². The van der Waals surface area contributed by atoms with E-state index in [1.807, 2.05) is 32.7 Å². The average Bonchev–Trinajstić information content (AvgIpc) is 2.22. The molecule has 0 aromatic rings. The Morgan fingerprint density at radius 2 is 1.92 bits per heavy atom. The smallest absolute Gasteiger partial charge is 0.150 e. The second-order valence-electron chi connectivity index (χ2n) is 3.88. The zero-order chi connectivity index (χ0) is 10.4. The van der Waals surface area contributed by atoms with Crippen molar-refractivity contribution in [1.82, 2.24) is 4.90 Å². The number of hydrogen-bond donors (Lipinski definition) is 0. The molecule has 0 aromatic carbocycles. The number of ketones is 1. The molecule has 1 aliphatic rings. The van der Waals surface area contributed by atoms with Crippen molar-refractivity contribution in [2.45, 2.75) is 43.9 Å². The van der Waals surface area contributed by atoms with Crippen LogP contribution in [-0.4, -0.2) is 38.1 Å². The number of hydrogen-bond acceptors (Lipinski definition) is 3. The van der Waals surface area contributed by atoms with Crippen LogP contribution in [0.3, 0.4) is 0 Å². The molecular weight excluding hydrogens is 186 g/mol. The van der Waals surface area contributed by atoms with Gasteiger partial charge in [0.1, 0.15) is 0 Å². The van der Waals surface area contributed by atoms with Gasteiger partial charge in [-0.1, -0.05) is 0 Å². The molecule has 1 rings (SSSR count). The quantitative estimate of drug-likeness (QED) is 0.631. The van der Waals surface area contributed by atoms with Gasteiger partial charge in [0.2, 0.25) is 0 Å². The van der Waals surface area contributed by atoms with E-state index in [1.54, 1.807) is 6.92 Å². The normalized spacial score (nSPS) is 46.7. The Morgan fingerprint density at radius 3 is 2.08 bits per heavy atom. The summed E-state index contributed by atoms with van der Waals surface area (Å²) >= 11 is 0. The fourth-order valence-corrected chi connectivity index (χ4v) is 3.78. The van der Waals surface area contributed by atoms with Gasteiger partial charge in [0, 0.05) is 10.8 Å². The maximum Gasteiger partial charge on any atom is 0.150 e. The molecule has 76 valence electrons. The highest BCUT2D eigenvalue weighted by molar-refractivity contribution is 7.86. The zero-order valence-electron chi connectivity index (χ0n) is 8.83. The van der Waals surface area contributed by atoms with Gasteiger partial charge in [-0.3, -0.25) is 13.9 Å². The molecule has 0 radical (unpaired) electrons. The maximum absolute atomic E-state index is 11.8. The first-order chi connectivity index (χ1) is 5.83. The van der Waals surface area contributed by atoms with Gasteiger partial charge >= 0.3 is 0 Å². The standard InChI is InChI=1S/C9H17NO2S/c1-6(11)9(4)7(2)13(12)8(3)10(9)5/h7-8H,1-5H3. The van der Waals surface area contributed by atoms with Crippen molar-refractivity contribution >= 4 is 16.6 Å². The average molecular weight is 203 g/mol. The molecule has 4 heteroatoms. The highest BCUT2D eigenvalue weighted by Gasteiger charge is 2.52. The molecule has 1 heterocycles. The van der Waals surface area contributed by atoms with Gasteiger partial charge in [0.25, 0.3) is 0 Å². The Hall–Kier alpha value is -0.220. The van der Waals surface area contributed by atoms with Gasteiger partial charge in [0.15, 0.2) is 5.78 Å². The van der Waals surface area contributed by atoms with E-state index >= 15 is 0 Å². The highest BCUT2D eigenvalue weighted by Crippen LogP contribution is 2.34. The molecule has 0 saturated carbocycles. The van der Waals surface area contributed by atoms with Crippen molar-refractivity contribution in [1.29, 1.82) is 0 Å². The Bertz CT molecular complexity index is 266. The first-order valence-corrected chi connectivity index (χ1v) is 5.74. The number of likely N-dealkylation sites (N-methyl/N-ethyl adjacent to an activating group) is 1. The third-order valence-electron chi connectivity index (χ3n) is 3.47. The van der Waals surface area contributed by atoms with Crippen LogP contribution in [0.4, 0.5) is 0 Å². The maximum atomic E-state index is 11.8. The predicted molar refractivity (Wildman–Crippen MR) is 53.9 cm³/mol. The summed E-state index contributed by atoms with van der Waals surface area (Å²) < 4.78 is 11.8. The van der Waals surface area contributed by atoms with Crippen molar-refractivity contribution in [3.8, 4) is 0 Å². The SMILES string of the molecule is CC(=O)C1(C)C(C)S(=O)C(C)N1C. The second kappa shape index (κ2) is 3.17. The van der Waals surface area contributed by atoms with Crippen molar-refractivity contribution in [3.63, 3.8) is 0 Å². The lowest BCUT2D eigenvalue weighted by Gasteiger charge is -2.32. The minimum atomic E-state index is -0.927. The van der Waals surface area contributed by atoms with Crippen molar-refractivity contribution in [3.05, 3.63) is 0 Å². The molecule has 4 unspecified atom stereocenters. The van der Waals surface area contributed by atoms with Gasteiger partial charge < -0.3 is 0 Å². The number of rotatable bonds is 1. The summed E-state index contributed by atoms with van der Waals surface area (Å²) in [7, 11) is 0.941. The molecule has 0 spiro atoms. The van der Waals surface area contributed by atoms with Crippen molar-refractivity contribution < 1.29 is 9.00 Å². The number of Topliss-reactive ketones (excluding diaryl/α,β-unsaturated/α-hetero) is 1. The first-order valence-electron chi connectivity index (χ1n) is 4.46. The molecule has 3 nitrogen and oxygen atoms in total.